The molecule has 1 N–H and O–H groups in total. The van der Waals surface area contributed by atoms with E-state index in [1.807, 2.05) is 31.3 Å². The average Bonchev–Trinajstić information content (AvgIpc) is 2.46. The molecule has 0 spiro atoms. The van der Waals surface area contributed by atoms with Crippen LogP contribution in [0.2, 0.25) is 0 Å². The van der Waals surface area contributed by atoms with Gasteiger partial charge in [0.15, 0.2) is 0 Å². The van der Waals surface area contributed by atoms with Gasteiger partial charge < -0.3 is 14.7 Å². The number of aliphatic hydroxyl groups excluding tert-OH is 1. The van der Waals surface area contributed by atoms with Gasteiger partial charge in [-0.3, -0.25) is 0 Å². The first-order valence-electron chi connectivity index (χ1n) is 7.12. The number of hydrogen-bond donors (Lipinski definition) is 1. The lowest BCUT2D eigenvalue weighted by atomic mass is 10.1. The Balaban J connectivity index is 2.16. The van der Waals surface area contributed by atoms with Crippen LogP contribution in [0.15, 0.2) is 42.5 Å². The summed E-state index contributed by atoms with van der Waals surface area (Å²) in [5, 5.41) is 10.5. The van der Waals surface area contributed by atoms with Crippen LogP contribution in [-0.4, -0.2) is 25.8 Å². The standard InChI is InChI=1S/C18H23NO2/c1-13-9-10-16(14(2)11-13)19(3)12-17(20)15-7-5-6-8-18(15)21-4/h5-11,17,20H,12H2,1-4H3. The van der Waals surface area contributed by atoms with E-state index >= 15 is 0 Å². The molecule has 0 heterocycles. The van der Waals surface area contributed by atoms with Gasteiger partial charge in [0.25, 0.3) is 0 Å². The van der Waals surface area contributed by atoms with Crippen molar-refractivity contribution in [2.24, 2.45) is 0 Å². The summed E-state index contributed by atoms with van der Waals surface area (Å²) in [7, 11) is 3.62. The number of rotatable bonds is 5. The van der Waals surface area contributed by atoms with Crippen LogP contribution in [0.3, 0.4) is 0 Å². The molecule has 1 unspecified atom stereocenters. The summed E-state index contributed by atoms with van der Waals surface area (Å²) in [4.78, 5) is 2.08. The molecule has 0 aromatic heterocycles. The highest BCUT2D eigenvalue weighted by Crippen LogP contribution is 2.27. The van der Waals surface area contributed by atoms with Gasteiger partial charge in [-0.05, 0) is 31.5 Å². The second-order valence-electron chi connectivity index (χ2n) is 5.43. The quantitative estimate of drug-likeness (QED) is 0.913. The second kappa shape index (κ2) is 6.64. The highest BCUT2D eigenvalue weighted by molar-refractivity contribution is 5.54. The number of benzene rings is 2. The fourth-order valence-corrected chi connectivity index (χ4v) is 2.63. The van der Waals surface area contributed by atoms with Gasteiger partial charge in [0, 0.05) is 24.8 Å². The summed E-state index contributed by atoms with van der Waals surface area (Å²) in [5.74, 6) is 0.721. The highest BCUT2D eigenvalue weighted by atomic mass is 16.5. The van der Waals surface area contributed by atoms with Crippen molar-refractivity contribution in [3.8, 4) is 5.75 Å². The maximum atomic E-state index is 10.5. The number of anilines is 1. The summed E-state index contributed by atoms with van der Waals surface area (Å²) in [6, 6.07) is 13.9. The number of aryl methyl sites for hydroxylation is 2. The summed E-state index contributed by atoms with van der Waals surface area (Å²) < 4.78 is 5.31. The van der Waals surface area contributed by atoms with Gasteiger partial charge in [-0.25, -0.2) is 0 Å². The molecule has 2 aromatic rings. The van der Waals surface area contributed by atoms with Crippen LogP contribution in [-0.2, 0) is 0 Å². The summed E-state index contributed by atoms with van der Waals surface area (Å²) in [6.45, 7) is 4.69. The zero-order chi connectivity index (χ0) is 15.4. The first kappa shape index (κ1) is 15.4. The Morgan fingerprint density at radius 1 is 1.14 bits per heavy atom. The predicted octanol–water partition coefficient (Wildman–Crippen LogP) is 3.48. The maximum Gasteiger partial charge on any atom is 0.124 e. The predicted molar refractivity (Wildman–Crippen MR) is 87.1 cm³/mol. The lowest BCUT2D eigenvalue weighted by molar-refractivity contribution is 0.180. The molecular weight excluding hydrogens is 262 g/mol. The molecule has 0 fully saturated rings. The maximum absolute atomic E-state index is 10.5. The molecule has 0 bridgehead atoms. The van der Waals surface area contributed by atoms with E-state index in [0.29, 0.717) is 6.54 Å². The molecular formula is C18H23NO2. The van der Waals surface area contributed by atoms with Crippen molar-refractivity contribution in [2.75, 3.05) is 25.6 Å². The third-order valence-corrected chi connectivity index (χ3v) is 3.71. The van der Waals surface area contributed by atoms with Crippen molar-refractivity contribution >= 4 is 5.69 Å². The third-order valence-electron chi connectivity index (χ3n) is 3.71. The van der Waals surface area contributed by atoms with E-state index < -0.39 is 6.10 Å². The first-order valence-corrected chi connectivity index (χ1v) is 7.12. The monoisotopic (exact) mass is 285 g/mol. The van der Waals surface area contributed by atoms with Gasteiger partial charge in [0.05, 0.1) is 13.2 Å². The number of methoxy groups -OCH3 is 1. The highest BCUT2D eigenvalue weighted by Gasteiger charge is 2.16. The minimum absolute atomic E-state index is 0.518. The van der Waals surface area contributed by atoms with E-state index in [-0.39, 0.29) is 0 Å². The van der Waals surface area contributed by atoms with Crippen LogP contribution in [0, 0.1) is 13.8 Å². The molecule has 3 nitrogen and oxygen atoms in total. The van der Waals surface area contributed by atoms with Crippen molar-refractivity contribution in [3.05, 3.63) is 59.2 Å². The van der Waals surface area contributed by atoms with Crippen LogP contribution in [0.4, 0.5) is 5.69 Å². The summed E-state index contributed by atoms with van der Waals surface area (Å²) >= 11 is 0. The Bertz CT molecular complexity index is 610. The van der Waals surface area contributed by atoms with Crippen LogP contribution >= 0.6 is 0 Å². The summed E-state index contributed by atoms with van der Waals surface area (Å²) in [6.07, 6.45) is -0.591. The molecule has 0 aliphatic rings. The van der Waals surface area contributed by atoms with Crippen molar-refractivity contribution in [2.45, 2.75) is 20.0 Å². The molecule has 0 saturated carbocycles. The summed E-state index contributed by atoms with van der Waals surface area (Å²) in [5.41, 5.74) is 4.41. The topological polar surface area (TPSA) is 32.7 Å². The molecule has 0 amide bonds. The van der Waals surface area contributed by atoms with Crippen LogP contribution < -0.4 is 9.64 Å². The van der Waals surface area contributed by atoms with E-state index in [1.165, 1.54) is 11.1 Å². The van der Waals surface area contributed by atoms with E-state index in [1.54, 1.807) is 7.11 Å². The minimum atomic E-state index is -0.591. The lowest BCUT2D eigenvalue weighted by Crippen LogP contribution is -2.25. The molecule has 1 atom stereocenters. The molecule has 0 saturated heterocycles. The van der Waals surface area contributed by atoms with Crippen LogP contribution in [0.1, 0.15) is 22.8 Å². The SMILES string of the molecule is COc1ccccc1C(O)CN(C)c1ccc(C)cc1C. The molecule has 0 radical (unpaired) electrons. The van der Waals surface area contributed by atoms with Gasteiger partial charge >= 0.3 is 0 Å². The third kappa shape index (κ3) is 3.56. The molecule has 2 rings (SSSR count). The van der Waals surface area contributed by atoms with Gasteiger partial charge in [-0.1, -0.05) is 35.9 Å². The van der Waals surface area contributed by atoms with Gasteiger partial charge in [0.1, 0.15) is 5.75 Å². The molecule has 112 valence electrons. The number of hydrogen-bond acceptors (Lipinski definition) is 3. The van der Waals surface area contributed by atoms with Gasteiger partial charge in [-0.15, -0.1) is 0 Å². The van der Waals surface area contributed by atoms with Crippen molar-refractivity contribution in [1.29, 1.82) is 0 Å². The Kier molecular flexibility index (Phi) is 4.86. The largest absolute Gasteiger partial charge is 0.496 e. The number of aliphatic hydroxyl groups is 1. The fourth-order valence-electron chi connectivity index (χ4n) is 2.63. The zero-order valence-electron chi connectivity index (χ0n) is 13.1. The average molecular weight is 285 g/mol. The number of likely N-dealkylation sites (N-methyl/N-ethyl adjacent to an activating group) is 1. The van der Waals surface area contributed by atoms with E-state index in [2.05, 4.69) is 36.9 Å². The number of para-hydroxylation sites is 1. The lowest BCUT2D eigenvalue weighted by Gasteiger charge is -2.25. The molecule has 2 aromatic carbocycles. The van der Waals surface area contributed by atoms with Gasteiger partial charge in [0.2, 0.25) is 0 Å². The molecule has 0 aliphatic carbocycles. The van der Waals surface area contributed by atoms with E-state index in [0.717, 1.165) is 17.0 Å². The molecule has 0 aliphatic heterocycles. The fraction of sp³-hybridized carbons (Fsp3) is 0.333. The Morgan fingerprint density at radius 3 is 2.52 bits per heavy atom. The van der Waals surface area contributed by atoms with Crippen molar-refractivity contribution in [3.63, 3.8) is 0 Å². The van der Waals surface area contributed by atoms with E-state index in [9.17, 15) is 5.11 Å². The minimum Gasteiger partial charge on any atom is -0.496 e. The molecule has 3 heteroatoms. The van der Waals surface area contributed by atoms with Crippen LogP contribution in [0.25, 0.3) is 0 Å². The number of nitrogens with zero attached hydrogens (tertiary/aromatic N) is 1. The van der Waals surface area contributed by atoms with Crippen molar-refractivity contribution in [1.82, 2.24) is 0 Å². The Labute approximate surface area is 126 Å². The van der Waals surface area contributed by atoms with E-state index in [4.69, 9.17) is 4.74 Å². The smallest absolute Gasteiger partial charge is 0.124 e. The zero-order valence-corrected chi connectivity index (χ0v) is 13.1. The normalized spacial score (nSPS) is 12.0. The van der Waals surface area contributed by atoms with Gasteiger partial charge in [-0.2, -0.15) is 0 Å². The second-order valence-corrected chi connectivity index (χ2v) is 5.43. The Morgan fingerprint density at radius 2 is 1.86 bits per heavy atom. The molecule has 21 heavy (non-hydrogen) atoms. The number of ether oxygens (including phenoxy) is 1. The van der Waals surface area contributed by atoms with Crippen LogP contribution in [0.5, 0.6) is 5.75 Å². The first-order chi connectivity index (χ1) is 10.0. The Hall–Kier alpha value is -2.00. The van der Waals surface area contributed by atoms with Crippen molar-refractivity contribution < 1.29 is 9.84 Å².